The molecule has 0 unspecified atom stereocenters. The zero-order valence-electron chi connectivity index (χ0n) is 37.5. The molecule has 13 rings (SSSR count). The number of fused-ring (bicyclic) bond motifs is 9. The van der Waals surface area contributed by atoms with E-state index in [1.807, 2.05) is 132 Å². The Morgan fingerprint density at radius 3 is 1.41 bits per heavy atom. The van der Waals surface area contributed by atoms with Gasteiger partial charge in [-0.15, -0.1) is 0 Å². The van der Waals surface area contributed by atoms with Gasteiger partial charge in [-0.2, -0.15) is 0 Å². The Labute approximate surface area is 367 Å². The van der Waals surface area contributed by atoms with E-state index in [0.29, 0.717) is 28.1 Å². The number of rotatable bonds is 6. The second-order valence-electron chi connectivity index (χ2n) is 15.7. The van der Waals surface area contributed by atoms with E-state index in [0.717, 1.165) is 71.2 Å². The molecule has 6 heteroatoms. The van der Waals surface area contributed by atoms with Crippen LogP contribution in [0, 0.1) is 0 Å². The van der Waals surface area contributed by atoms with Gasteiger partial charge in [0.1, 0.15) is 11.2 Å². The Kier molecular flexibility index (Phi) is 6.94. The molecule has 0 aliphatic rings. The molecule has 0 saturated carbocycles. The van der Waals surface area contributed by atoms with Gasteiger partial charge in [0.05, 0.1) is 33.1 Å². The molecule has 0 aliphatic carbocycles. The summed E-state index contributed by atoms with van der Waals surface area (Å²) in [5.74, 6) is 0.562. The van der Waals surface area contributed by atoms with E-state index in [1.165, 1.54) is 0 Å². The number of hydrogen-bond donors (Lipinski definition) is 0. The second kappa shape index (κ2) is 14.0. The quantitative estimate of drug-likeness (QED) is 0.168. The van der Waals surface area contributed by atoms with E-state index in [2.05, 4.69) is 65.2 Å². The number of nitrogens with zero attached hydrogens (tertiary/aromatic N) is 5. The lowest BCUT2D eigenvalue weighted by molar-refractivity contribution is 0.669. The maximum Gasteiger partial charge on any atom is 0.167 e. The molecule has 0 aliphatic heterocycles. The number of para-hydroxylation sites is 4. The van der Waals surface area contributed by atoms with Gasteiger partial charge in [0.15, 0.2) is 17.5 Å². The smallest absolute Gasteiger partial charge is 0.167 e. The van der Waals surface area contributed by atoms with Crippen molar-refractivity contribution in [3.63, 3.8) is 0 Å². The first-order chi connectivity index (χ1) is 32.9. The minimum absolute atomic E-state index is 0.00567. The lowest BCUT2D eigenvalue weighted by atomic mass is 9.98. The van der Waals surface area contributed by atoms with Gasteiger partial charge in [0, 0.05) is 54.8 Å². The Balaban J connectivity index is 1.12. The molecule has 0 fully saturated rings. The van der Waals surface area contributed by atoms with Gasteiger partial charge < -0.3 is 13.6 Å². The van der Waals surface area contributed by atoms with E-state index < -0.39 is 0 Å². The Hall–Kier alpha value is -8.61. The van der Waals surface area contributed by atoms with Crippen LogP contribution in [0.25, 0.3) is 122 Å². The van der Waals surface area contributed by atoms with Crippen molar-refractivity contribution < 1.29 is 9.90 Å². The topological polar surface area (TPSA) is 61.7 Å². The molecule has 4 heterocycles. The van der Waals surface area contributed by atoms with Crippen LogP contribution >= 0.6 is 0 Å². The highest BCUT2D eigenvalue weighted by Gasteiger charge is 2.23. The second-order valence-corrected chi connectivity index (χ2v) is 15.7. The highest BCUT2D eigenvalue weighted by molar-refractivity contribution is 6.17. The molecule has 0 atom stereocenters. The first kappa shape index (κ1) is 31.3. The third-order valence-electron chi connectivity index (χ3n) is 12.1. The largest absolute Gasteiger partial charge is 0.455 e. The van der Waals surface area contributed by atoms with Gasteiger partial charge >= 0.3 is 0 Å². The summed E-state index contributed by atoms with van der Waals surface area (Å²) in [6.45, 7) is 0. The van der Waals surface area contributed by atoms with Gasteiger partial charge in [-0.3, -0.25) is 0 Å². The molecular weight excluding hydrogens is 771 g/mol. The molecule has 0 N–H and O–H groups in total. The normalized spacial score (nSPS) is 12.7. The van der Waals surface area contributed by atoms with E-state index in [9.17, 15) is 5.48 Å². The molecule has 6 nitrogen and oxygen atoms in total. The summed E-state index contributed by atoms with van der Waals surface area (Å²) in [5, 5.41) is 5.91. The molecule has 9 aromatic carbocycles. The summed E-state index contributed by atoms with van der Waals surface area (Å²) in [5.41, 5.74) is 9.13. The van der Waals surface area contributed by atoms with Crippen molar-refractivity contribution in [1.82, 2.24) is 24.1 Å². The standard InChI is InChI=1S/C57H35N5O/c1-3-16-36(17-4-1)41-24-15-29-52-53(41)46-34-40(62-50-27-13-9-22-44(50)45-23-10-14-28-51(45)62)35-47(54(46)63-52)57-59-55(37-18-5-2-6-19-37)58-56(60-57)38-30-32-39(33-31-38)61-48-25-11-7-20-42(48)43-21-8-12-26-49(43)61/h1-35H/i30D,31D,32D,33D. The van der Waals surface area contributed by atoms with E-state index in [1.54, 1.807) is 0 Å². The highest BCUT2D eigenvalue weighted by atomic mass is 16.3. The zero-order chi connectivity index (χ0) is 44.9. The van der Waals surface area contributed by atoms with Crippen molar-refractivity contribution in [2.45, 2.75) is 0 Å². The molecule has 294 valence electrons. The summed E-state index contributed by atoms with van der Waals surface area (Å²) in [7, 11) is 0. The summed E-state index contributed by atoms with van der Waals surface area (Å²) >= 11 is 0. The predicted octanol–water partition coefficient (Wildman–Crippen LogP) is 14.6. The number of aromatic nitrogens is 5. The third kappa shape index (κ3) is 5.55. The van der Waals surface area contributed by atoms with Crippen LogP contribution in [0.4, 0.5) is 0 Å². The maximum atomic E-state index is 9.65. The van der Waals surface area contributed by atoms with Crippen LogP contribution in [0.5, 0.6) is 0 Å². The molecule has 0 radical (unpaired) electrons. The number of benzene rings is 9. The van der Waals surface area contributed by atoms with E-state index >= 15 is 0 Å². The number of furan rings is 1. The summed E-state index contributed by atoms with van der Waals surface area (Å²) in [4.78, 5) is 15.3. The van der Waals surface area contributed by atoms with Crippen molar-refractivity contribution in [2.24, 2.45) is 0 Å². The van der Waals surface area contributed by atoms with Gasteiger partial charge in [-0.25, -0.2) is 15.0 Å². The van der Waals surface area contributed by atoms with Crippen LogP contribution in [0.1, 0.15) is 5.48 Å². The Bertz CT molecular complexity index is 4020. The molecule has 0 spiro atoms. The molecule has 13 aromatic rings. The zero-order valence-corrected chi connectivity index (χ0v) is 33.5. The molecule has 0 bridgehead atoms. The Morgan fingerprint density at radius 2 is 0.841 bits per heavy atom. The van der Waals surface area contributed by atoms with Gasteiger partial charge in [0.2, 0.25) is 0 Å². The average Bonchev–Trinajstić information content (AvgIpc) is 4.04. The molecule has 63 heavy (non-hydrogen) atoms. The summed E-state index contributed by atoms with van der Waals surface area (Å²) in [6.07, 6.45) is 0. The first-order valence-corrected chi connectivity index (χ1v) is 20.9. The van der Waals surface area contributed by atoms with Gasteiger partial charge in [-0.1, -0.05) is 146 Å². The summed E-state index contributed by atoms with van der Waals surface area (Å²) < 4.78 is 49.4. The van der Waals surface area contributed by atoms with Crippen LogP contribution in [0.2, 0.25) is 0 Å². The fourth-order valence-corrected chi connectivity index (χ4v) is 9.28. The van der Waals surface area contributed by atoms with Crippen molar-refractivity contribution >= 4 is 65.6 Å². The fourth-order valence-electron chi connectivity index (χ4n) is 9.28. The van der Waals surface area contributed by atoms with Gasteiger partial charge in [-0.05, 0) is 77.8 Å². The fraction of sp³-hybridized carbons (Fsp3) is 0. The van der Waals surface area contributed by atoms with Crippen molar-refractivity contribution in [2.75, 3.05) is 0 Å². The summed E-state index contributed by atoms with van der Waals surface area (Å²) in [6, 6.07) is 61.5. The van der Waals surface area contributed by atoms with Crippen LogP contribution in [0.15, 0.2) is 217 Å². The van der Waals surface area contributed by atoms with Crippen molar-refractivity contribution in [1.29, 1.82) is 0 Å². The molecule has 4 aromatic heterocycles. The van der Waals surface area contributed by atoms with Gasteiger partial charge in [0.25, 0.3) is 0 Å². The van der Waals surface area contributed by atoms with E-state index in [-0.39, 0.29) is 47.1 Å². The lowest BCUT2D eigenvalue weighted by Crippen LogP contribution is -2.02. The average molecular weight is 810 g/mol. The first-order valence-electron chi connectivity index (χ1n) is 22.9. The van der Waals surface area contributed by atoms with Crippen molar-refractivity contribution in [3.8, 4) is 56.7 Å². The minimum atomic E-state index is -0.269. The molecular formula is C57H35N5O. The SMILES string of the molecule is [2H]c1c([2H])c(-n2c3ccccc3c3ccccc32)c([2H])c([2H])c1-c1nc(-c2ccccc2)nc(-c2cc(-n3c4ccccc4c4ccccc43)cc3c2oc2cccc(-c4ccccc4)c23)n1. The lowest BCUT2D eigenvalue weighted by Gasteiger charge is -2.13. The maximum absolute atomic E-state index is 9.65. The minimum Gasteiger partial charge on any atom is -0.455 e. The van der Waals surface area contributed by atoms with Crippen LogP contribution in [-0.4, -0.2) is 24.1 Å². The highest BCUT2D eigenvalue weighted by Crippen LogP contribution is 2.43. The van der Waals surface area contributed by atoms with Crippen LogP contribution in [0.3, 0.4) is 0 Å². The van der Waals surface area contributed by atoms with E-state index in [4.69, 9.17) is 19.4 Å². The number of hydrogen-bond acceptors (Lipinski definition) is 4. The van der Waals surface area contributed by atoms with Crippen molar-refractivity contribution in [3.05, 3.63) is 212 Å². The molecule has 0 amide bonds. The van der Waals surface area contributed by atoms with Crippen LogP contribution < -0.4 is 0 Å². The third-order valence-corrected chi connectivity index (χ3v) is 12.1. The Morgan fingerprint density at radius 1 is 0.365 bits per heavy atom. The molecule has 0 saturated heterocycles. The van der Waals surface area contributed by atoms with Crippen LogP contribution in [-0.2, 0) is 0 Å². The predicted molar refractivity (Wildman–Crippen MR) is 258 cm³/mol. The monoisotopic (exact) mass is 809 g/mol.